The van der Waals surface area contributed by atoms with Gasteiger partial charge in [-0.1, -0.05) is 6.07 Å². The Morgan fingerprint density at radius 1 is 1.23 bits per heavy atom. The number of aromatic amines is 1. The van der Waals surface area contributed by atoms with Gasteiger partial charge in [0.2, 0.25) is 0 Å². The Kier molecular flexibility index (Phi) is 2.90. The Hall–Kier alpha value is -2.73. The summed E-state index contributed by atoms with van der Waals surface area (Å²) in [6, 6.07) is 5.98. The molecule has 1 aliphatic rings. The third-order valence-corrected chi connectivity index (χ3v) is 3.98. The van der Waals surface area contributed by atoms with Gasteiger partial charge >= 0.3 is 0 Å². The van der Waals surface area contributed by atoms with Gasteiger partial charge in [0.15, 0.2) is 0 Å². The van der Waals surface area contributed by atoms with Crippen molar-refractivity contribution in [3.63, 3.8) is 0 Å². The van der Waals surface area contributed by atoms with Crippen molar-refractivity contribution >= 4 is 22.6 Å². The van der Waals surface area contributed by atoms with Crippen LogP contribution in [-0.4, -0.2) is 20.9 Å². The molecule has 4 rings (SSSR count). The molecular formula is C16H15N5O. The van der Waals surface area contributed by atoms with Crippen LogP contribution in [0.3, 0.4) is 0 Å². The fourth-order valence-electron chi connectivity index (χ4n) is 2.85. The van der Waals surface area contributed by atoms with Crippen molar-refractivity contribution < 1.29 is 4.79 Å². The van der Waals surface area contributed by atoms with Crippen molar-refractivity contribution in [2.45, 2.75) is 20.0 Å². The molecular weight excluding hydrogens is 278 g/mol. The number of hydrogen-bond donors (Lipinski definition) is 3. The number of carbonyl (C=O) groups excluding carboxylic acids is 1. The molecule has 1 aromatic carbocycles. The van der Waals surface area contributed by atoms with Crippen LogP contribution in [0.1, 0.15) is 27.2 Å². The molecule has 0 bridgehead atoms. The summed E-state index contributed by atoms with van der Waals surface area (Å²) in [5.41, 5.74) is 5.32. The summed E-state index contributed by atoms with van der Waals surface area (Å²) < 4.78 is 0. The first-order chi connectivity index (χ1) is 10.7. The van der Waals surface area contributed by atoms with E-state index in [4.69, 9.17) is 0 Å². The molecule has 2 aromatic heterocycles. The van der Waals surface area contributed by atoms with Crippen LogP contribution in [0, 0.1) is 6.92 Å². The van der Waals surface area contributed by atoms with Crippen LogP contribution >= 0.6 is 0 Å². The summed E-state index contributed by atoms with van der Waals surface area (Å²) in [7, 11) is 0. The van der Waals surface area contributed by atoms with Gasteiger partial charge in [-0.3, -0.25) is 4.79 Å². The highest BCUT2D eigenvalue weighted by Crippen LogP contribution is 2.22. The summed E-state index contributed by atoms with van der Waals surface area (Å²) in [5.74, 6) is -0.221. The SMILES string of the molecule is Cc1c[nH]c2ncnc(C(=O)Nc3ccc4c(c3)CNC4)c12. The molecule has 3 heterocycles. The number of amides is 1. The maximum atomic E-state index is 12.5. The number of aromatic nitrogens is 3. The summed E-state index contributed by atoms with van der Waals surface area (Å²) in [4.78, 5) is 23.9. The van der Waals surface area contributed by atoms with Gasteiger partial charge in [0.25, 0.3) is 5.91 Å². The lowest BCUT2D eigenvalue weighted by atomic mass is 10.1. The van der Waals surface area contributed by atoms with E-state index in [1.165, 1.54) is 17.5 Å². The molecule has 0 spiro atoms. The van der Waals surface area contributed by atoms with Gasteiger partial charge in [0, 0.05) is 25.0 Å². The van der Waals surface area contributed by atoms with Crippen molar-refractivity contribution in [1.29, 1.82) is 0 Å². The van der Waals surface area contributed by atoms with E-state index in [9.17, 15) is 4.79 Å². The van der Waals surface area contributed by atoms with Crippen molar-refractivity contribution in [2.75, 3.05) is 5.32 Å². The van der Waals surface area contributed by atoms with Gasteiger partial charge in [-0.2, -0.15) is 0 Å². The van der Waals surface area contributed by atoms with Crippen molar-refractivity contribution in [2.24, 2.45) is 0 Å². The number of nitrogens with one attached hydrogen (secondary N) is 3. The molecule has 0 aliphatic carbocycles. The molecule has 3 aromatic rings. The summed E-state index contributed by atoms with van der Waals surface area (Å²) in [5, 5.41) is 6.98. The fourth-order valence-corrected chi connectivity index (χ4v) is 2.85. The second-order valence-electron chi connectivity index (χ2n) is 5.46. The van der Waals surface area contributed by atoms with E-state index in [0.717, 1.165) is 29.7 Å². The van der Waals surface area contributed by atoms with Crippen LogP contribution in [0.5, 0.6) is 0 Å². The van der Waals surface area contributed by atoms with E-state index in [0.29, 0.717) is 11.3 Å². The smallest absolute Gasteiger partial charge is 0.275 e. The quantitative estimate of drug-likeness (QED) is 0.676. The molecule has 6 heteroatoms. The normalized spacial score (nSPS) is 13.3. The molecule has 3 N–H and O–H groups in total. The number of benzene rings is 1. The standard InChI is InChI=1S/C16H15N5O/c1-9-5-18-15-13(9)14(19-8-20-15)16(22)21-12-3-2-10-6-17-7-11(10)4-12/h2-5,8,17H,6-7H2,1H3,(H,21,22)(H,18,19,20). The summed E-state index contributed by atoms with van der Waals surface area (Å²) in [6.07, 6.45) is 3.23. The Morgan fingerprint density at radius 3 is 3.00 bits per heavy atom. The monoisotopic (exact) mass is 293 g/mol. The Balaban J connectivity index is 1.68. The number of H-pyrrole nitrogens is 1. The van der Waals surface area contributed by atoms with Gasteiger partial charge < -0.3 is 15.6 Å². The second-order valence-corrected chi connectivity index (χ2v) is 5.46. The molecule has 0 atom stereocenters. The van der Waals surface area contributed by atoms with E-state index >= 15 is 0 Å². The predicted octanol–water partition coefficient (Wildman–Crippen LogP) is 2.12. The predicted molar refractivity (Wildman–Crippen MR) is 83.6 cm³/mol. The zero-order valence-corrected chi connectivity index (χ0v) is 12.1. The lowest BCUT2D eigenvalue weighted by Gasteiger charge is -2.07. The summed E-state index contributed by atoms with van der Waals surface area (Å²) in [6.45, 7) is 3.66. The van der Waals surface area contributed by atoms with Crippen molar-refractivity contribution in [1.82, 2.24) is 20.3 Å². The zero-order valence-electron chi connectivity index (χ0n) is 12.1. The first-order valence-corrected chi connectivity index (χ1v) is 7.15. The number of hydrogen-bond acceptors (Lipinski definition) is 4. The maximum Gasteiger partial charge on any atom is 0.275 e. The molecule has 110 valence electrons. The molecule has 1 amide bonds. The van der Waals surface area contributed by atoms with E-state index < -0.39 is 0 Å². The van der Waals surface area contributed by atoms with Gasteiger partial charge in [0.05, 0.1) is 5.39 Å². The highest BCUT2D eigenvalue weighted by molar-refractivity contribution is 6.11. The van der Waals surface area contributed by atoms with Crippen LogP contribution in [-0.2, 0) is 13.1 Å². The minimum absolute atomic E-state index is 0.221. The van der Waals surface area contributed by atoms with E-state index in [1.807, 2.05) is 31.3 Å². The third-order valence-electron chi connectivity index (χ3n) is 3.98. The number of carbonyl (C=O) groups is 1. The number of aryl methyl sites for hydroxylation is 1. The first kappa shape index (κ1) is 13.0. The van der Waals surface area contributed by atoms with Gasteiger partial charge in [-0.05, 0) is 35.7 Å². The molecule has 0 unspecified atom stereocenters. The van der Waals surface area contributed by atoms with Crippen molar-refractivity contribution in [3.05, 3.63) is 53.1 Å². The van der Waals surface area contributed by atoms with Crippen LogP contribution < -0.4 is 10.6 Å². The second kappa shape index (κ2) is 4.92. The zero-order chi connectivity index (χ0) is 15.1. The van der Waals surface area contributed by atoms with Gasteiger partial charge in [-0.25, -0.2) is 9.97 Å². The molecule has 0 saturated heterocycles. The third kappa shape index (κ3) is 2.05. The number of rotatable bonds is 2. The Morgan fingerprint density at radius 2 is 2.09 bits per heavy atom. The number of nitrogens with zero attached hydrogens (tertiary/aromatic N) is 2. The van der Waals surface area contributed by atoms with Crippen LogP contribution in [0.25, 0.3) is 11.0 Å². The minimum Gasteiger partial charge on any atom is -0.346 e. The lowest BCUT2D eigenvalue weighted by molar-refractivity contribution is 0.102. The van der Waals surface area contributed by atoms with E-state index in [-0.39, 0.29) is 5.91 Å². The number of anilines is 1. The average molecular weight is 293 g/mol. The summed E-state index contributed by atoms with van der Waals surface area (Å²) >= 11 is 0. The topological polar surface area (TPSA) is 82.7 Å². The van der Waals surface area contributed by atoms with E-state index in [1.54, 1.807) is 0 Å². The van der Waals surface area contributed by atoms with Crippen LogP contribution in [0.4, 0.5) is 5.69 Å². The highest BCUT2D eigenvalue weighted by atomic mass is 16.1. The van der Waals surface area contributed by atoms with Crippen LogP contribution in [0.15, 0.2) is 30.7 Å². The Labute approximate surface area is 127 Å². The van der Waals surface area contributed by atoms with Crippen molar-refractivity contribution in [3.8, 4) is 0 Å². The fraction of sp³-hybridized carbons (Fsp3) is 0.188. The van der Waals surface area contributed by atoms with Crippen LogP contribution in [0.2, 0.25) is 0 Å². The van der Waals surface area contributed by atoms with E-state index in [2.05, 4.69) is 25.6 Å². The molecule has 22 heavy (non-hydrogen) atoms. The average Bonchev–Trinajstić information content (AvgIpc) is 3.13. The highest BCUT2D eigenvalue weighted by Gasteiger charge is 2.17. The first-order valence-electron chi connectivity index (χ1n) is 7.15. The largest absolute Gasteiger partial charge is 0.346 e. The Bertz CT molecular complexity index is 883. The minimum atomic E-state index is -0.221. The molecule has 0 radical (unpaired) electrons. The molecule has 0 saturated carbocycles. The molecule has 6 nitrogen and oxygen atoms in total. The lowest BCUT2D eigenvalue weighted by Crippen LogP contribution is -2.14. The molecule has 1 aliphatic heterocycles. The number of fused-ring (bicyclic) bond motifs is 2. The van der Waals surface area contributed by atoms with Gasteiger partial charge in [0.1, 0.15) is 17.7 Å². The maximum absolute atomic E-state index is 12.5. The molecule has 0 fully saturated rings. The van der Waals surface area contributed by atoms with Gasteiger partial charge in [-0.15, -0.1) is 0 Å².